The molecule has 1 aliphatic rings. The van der Waals surface area contributed by atoms with E-state index in [1.165, 1.54) is 31.0 Å². The number of imide groups is 1. The van der Waals surface area contributed by atoms with Crippen molar-refractivity contribution in [1.82, 2.24) is 14.8 Å². The third kappa shape index (κ3) is 3.88. The van der Waals surface area contributed by atoms with Crippen LogP contribution in [-0.4, -0.2) is 47.6 Å². The molecule has 1 saturated heterocycles. The Morgan fingerprint density at radius 2 is 1.96 bits per heavy atom. The molecule has 0 radical (unpaired) electrons. The van der Waals surface area contributed by atoms with Crippen LogP contribution in [0.25, 0.3) is 0 Å². The molecule has 0 spiro atoms. The number of aryl methyl sites for hydroxylation is 1. The van der Waals surface area contributed by atoms with E-state index in [0.29, 0.717) is 5.56 Å². The molecule has 146 valence electrons. The molecule has 3 amide bonds. The standard InChI is InChI=1S/C19H19N3O6/c1-21-9-13(15(27-2)8-16(21)23)18(25)20-14(12-6-4-3-5-7-12)10-22-17(24)11-28-19(22)26/h3-9,14H,10-11H2,1-2H3,(H,20,25). The Balaban J connectivity index is 1.90. The number of hydrogen-bond acceptors (Lipinski definition) is 6. The van der Waals surface area contributed by atoms with Gasteiger partial charge in [0, 0.05) is 19.3 Å². The van der Waals surface area contributed by atoms with E-state index in [-0.39, 0.29) is 30.0 Å². The van der Waals surface area contributed by atoms with Crippen LogP contribution in [0.15, 0.2) is 47.4 Å². The maximum absolute atomic E-state index is 12.9. The van der Waals surface area contributed by atoms with E-state index in [4.69, 9.17) is 9.47 Å². The molecular weight excluding hydrogens is 366 g/mol. The van der Waals surface area contributed by atoms with Crippen LogP contribution in [-0.2, 0) is 16.6 Å². The SMILES string of the molecule is COc1cc(=O)n(C)cc1C(=O)NC(CN1C(=O)COC1=O)c1ccccc1. The lowest BCUT2D eigenvalue weighted by Gasteiger charge is -2.23. The Morgan fingerprint density at radius 1 is 1.25 bits per heavy atom. The molecule has 1 aromatic heterocycles. The predicted molar refractivity (Wildman–Crippen MR) is 97.9 cm³/mol. The third-order valence-electron chi connectivity index (χ3n) is 4.37. The van der Waals surface area contributed by atoms with Crippen molar-refractivity contribution in [3.05, 3.63) is 64.1 Å². The van der Waals surface area contributed by atoms with Gasteiger partial charge in [0.2, 0.25) is 0 Å². The van der Waals surface area contributed by atoms with Crippen LogP contribution >= 0.6 is 0 Å². The van der Waals surface area contributed by atoms with Gasteiger partial charge in [-0.25, -0.2) is 9.69 Å². The van der Waals surface area contributed by atoms with Crippen molar-refractivity contribution >= 4 is 17.9 Å². The van der Waals surface area contributed by atoms with Crippen molar-refractivity contribution in [2.75, 3.05) is 20.3 Å². The zero-order chi connectivity index (χ0) is 20.3. The van der Waals surface area contributed by atoms with E-state index in [0.717, 1.165) is 4.90 Å². The zero-order valence-corrected chi connectivity index (χ0v) is 15.4. The molecule has 2 heterocycles. The molecular formula is C19H19N3O6. The van der Waals surface area contributed by atoms with Crippen LogP contribution in [0.5, 0.6) is 5.75 Å². The van der Waals surface area contributed by atoms with Gasteiger partial charge in [0.25, 0.3) is 17.4 Å². The monoisotopic (exact) mass is 385 g/mol. The summed E-state index contributed by atoms with van der Waals surface area (Å²) < 4.78 is 11.1. The predicted octanol–water partition coefficient (Wildman–Crippen LogP) is 0.844. The lowest BCUT2D eigenvalue weighted by molar-refractivity contribution is -0.126. The first kappa shape index (κ1) is 19.2. The summed E-state index contributed by atoms with van der Waals surface area (Å²) in [5.74, 6) is -0.856. The van der Waals surface area contributed by atoms with Crippen LogP contribution in [0.2, 0.25) is 0 Å². The van der Waals surface area contributed by atoms with E-state index >= 15 is 0 Å². The number of rotatable bonds is 6. The van der Waals surface area contributed by atoms with Gasteiger partial charge in [-0.2, -0.15) is 0 Å². The first-order valence-corrected chi connectivity index (χ1v) is 8.48. The number of carbonyl (C=O) groups excluding carboxylic acids is 3. The minimum absolute atomic E-state index is 0.0818. The van der Waals surface area contributed by atoms with E-state index < -0.39 is 23.9 Å². The van der Waals surface area contributed by atoms with Crippen LogP contribution in [0.3, 0.4) is 0 Å². The number of nitrogens with zero attached hydrogens (tertiary/aromatic N) is 2. The highest BCUT2D eigenvalue weighted by Gasteiger charge is 2.34. The zero-order valence-electron chi connectivity index (χ0n) is 15.4. The number of benzene rings is 1. The lowest BCUT2D eigenvalue weighted by Crippen LogP contribution is -2.40. The molecule has 3 rings (SSSR count). The fourth-order valence-electron chi connectivity index (χ4n) is 2.85. The van der Waals surface area contributed by atoms with Crippen LogP contribution < -0.4 is 15.6 Å². The van der Waals surface area contributed by atoms with Gasteiger partial charge < -0.3 is 19.4 Å². The summed E-state index contributed by atoms with van der Waals surface area (Å²) in [4.78, 5) is 49.3. The number of ether oxygens (including phenoxy) is 2. The van der Waals surface area contributed by atoms with Gasteiger partial charge in [-0.3, -0.25) is 14.4 Å². The first-order valence-electron chi connectivity index (χ1n) is 8.48. The minimum atomic E-state index is -0.750. The first-order chi connectivity index (χ1) is 13.4. The molecule has 1 unspecified atom stereocenters. The average Bonchev–Trinajstić information content (AvgIpc) is 3.01. The second kappa shape index (κ2) is 7.95. The highest BCUT2D eigenvalue weighted by atomic mass is 16.6. The summed E-state index contributed by atoms with van der Waals surface area (Å²) >= 11 is 0. The van der Waals surface area contributed by atoms with E-state index in [9.17, 15) is 19.2 Å². The summed E-state index contributed by atoms with van der Waals surface area (Å²) in [6, 6.07) is 9.47. The van der Waals surface area contributed by atoms with Crippen LogP contribution in [0.1, 0.15) is 22.0 Å². The number of pyridine rings is 1. The fourth-order valence-corrected chi connectivity index (χ4v) is 2.85. The van der Waals surface area contributed by atoms with Gasteiger partial charge in [0.1, 0.15) is 5.75 Å². The highest BCUT2D eigenvalue weighted by molar-refractivity contribution is 5.98. The van der Waals surface area contributed by atoms with Crippen LogP contribution in [0.4, 0.5) is 4.79 Å². The van der Waals surface area contributed by atoms with Gasteiger partial charge >= 0.3 is 6.09 Å². The number of nitrogens with one attached hydrogen (secondary N) is 1. The molecule has 9 nitrogen and oxygen atoms in total. The number of carbonyl (C=O) groups is 3. The molecule has 1 fully saturated rings. The second-order valence-corrected chi connectivity index (χ2v) is 6.20. The largest absolute Gasteiger partial charge is 0.496 e. The average molecular weight is 385 g/mol. The normalized spacial score (nSPS) is 14.6. The summed E-state index contributed by atoms with van der Waals surface area (Å²) in [7, 11) is 2.88. The molecule has 1 atom stereocenters. The molecule has 1 N–H and O–H groups in total. The minimum Gasteiger partial charge on any atom is -0.496 e. The Morgan fingerprint density at radius 3 is 2.57 bits per heavy atom. The van der Waals surface area contributed by atoms with E-state index in [2.05, 4.69) is 5.32 Å². The summed E-state index contributed by atoms with van der Waals surface area (Å²) in [6.45, 7) is -0.398. The molecule has 1 aromatic carbocycles. The van der Waals surface area contributed by atoms with Crippen molar-refractivity contribution in [2.24, 2.45) is 7.05 Å². The summed E-state index contributed by atoms with van der Waals surface area (Å²) in [5, 5.41) is 2.80. The number of methoxy groups -OCH3 is 1. The maximum atomic E-state index is 12.9. The Kier molecular flexibility index (Phi) is 5.44. The molecule has 0 aliphatic carbocycles. The Bertz CT molecular complexity index is 953. The number of hydrogen-bond donors (Lipinski definition) is 1. The fraction of sp³-hybridized carbons (Fsp3) is 0.263. The van der Waals surface area contributed by atoms with Crippen molar-refractivity contribution in [1.29, 1.82) is 0 Å². The van der Waals surface area contributed by atoms with E-state index in [1.54, 1.807) is 24.3 Å². The topological polar surface area (TPSA) is 107 Å². The molecule has 0 saturated carbocycles. The number of aromatic nitrogens is 1. The van der Waals surface area contributed by atoms with Crippen molar-refractivity contribution in [3.8, 4) is 5.75 Å². The van der Waals surface area contributed by atoms with Gasteiger partial charge in [-0.05, 0) is 5.56 Å². The third-order valence-corrected chi connectivity index (χ3v) is 4.37. The van der Waals surface area contributed by atoms with Crippen molar-refractivity contribution in [2.45, 2.75) is 6.04 Å². The molecule has 28 heavy (non-hydrogen) atoms. The molecule has 2 aromatic rings. The Labute approximate surface area is 160 Å². The summed E-state index contributed by atoms with van der Waals surface area (Å²) in [5.41, 5.74) is 0.534. The smallest absolute Gasteiger partial charge is 0.417 e. The molecule has 0 bridgehead atoms. The highest BCUT2D eigenvalue weighted by Crippen LogP contribution is 2.20. The quantitative estimate of drug-likeness (QED) is 0.790. The van der Waals surface area contributed by atoms with E-state index in [1.807, 2.05) is 6.07 Å². The van der Waals surface area contributed by atoms with Crippen molar-refractivity contribution < 1.29 is 23.9 Å². The molecule has 1 aliphatic heterocycles. The lowest BCUT2D eigenvalue weighted by atomic mass is 10.1. The molecule has 9 heteroatoms. The van der Waals surface area contributed by atoms with Crippen LogP contribution in [0, 0.1) is 0 Å². The summed E-state index contributed by atoms with van der Waals surface area (Å²) in [6.07, 6.45) is 0.619. The number of amides is 3. The maximum Gasteiger partial charge on any atom is 0.417 e. The van der Waals surface area contributed by atoms with Gasteiger partial charge in [0.05, 0.1) is 25.3 Å². The van der Waals surface area contributed by atoms with Crippen molar-refractivity contribution in [3.63, 3.8) is 0 Å². The second-order valence-electron chi connectivity index (χ2n) is 6.20. The van der Waals surface area contributed by atoms with Gasteiger partial charge in [0.15, 0.2) is 6.61 Å². The van der Waals surface area contributed by atoms with Gasteiger partial charge in [-0.1, -0.05) is 30.3 Å². The Hall–Kier alpha value is -3.62. The van der Waals surface area contributed by atoms with Gasteiger partial charge in [-0.15, -0.1) is 0 Å². The number of cyclic esters (lactones) is 1.